The topological polar surface area (TPSA) is 58.6 Å². The summed E-state index contributed by atoms with van der Waals surface area (Å²) in [5.41, 5.74) is 0. The molecule has 0 bridgehead atoms. The Kier molecular flexibility index (Phi) is 5.05. The van der Waals surface area contributed by atoms with Crippen LogP contribution in [0, 0.1) is 5.92 Å². The third-order valence-corrected chi connectivity index (χ3v) is 2.48. The van der Waals surface area contributed by atoms with E-state index in [2.05, 4.69) is 5.32 Å². The molecular weight excluding hydrogens is 194 g/mol. The molecular formula is C11H21NO3. The van der Waals surface area contributed by atoms with Gasteiger partial charge in [-0.1, -0.05) is 26.7 Å². The lowest BCUT2D eigenvalue weighted by Crippen LogP contribution is -2.44. The predicted molar refractivity (Wildman–Crippen MR) is 57.9 cm³/mol. The summed E-state index contributed by atoms with van der Waals surface area (Å²) in [5, 5.41) is 11.9. The minimum Gasteiger partial charge on any atom is -0.480 e. The number of nitrogens with one attached hydrogen (secondary N) is 1. The average Bonchev–Trinajstić information content (AvgIpc) is 2.93. The van der Waals surface area contributed by atoms with Crippen LogP contribution in [0.1, 0.15) is 33.1 Å². The van der Waals surface area contributed by atoms with Gasteiger partial charge in [-0.3, -0.25) is 4.79 Å². The van der Waals surface area contributed by atoms with Gasteiger partial charge in [0.05, 0.1) is 6.61 Å². The lowest BCUT2D eigenvalue weighted by molar-refractivity contribution is -0.141. The SMILES string of the molecule is CC(C)NC(COCCC1CC1)C(=O)O. The Balaban J connectivity index is 2.09. The zero-order valence-electron chi connectivity index (χ0n) is 9.53. The van der Waals surface area contributed by atoms with Gasteiger partial charge in [0.2, 0.25) is 0 Å². The fourth-order valence-corrected chi connectivity index (χ4v) is 1.45. The summed E-state index contributed by atoms with van der Waals surface area (Å²) in [7, 11) is 0. The van der Waals surface area contributed by atoms with Gasteiger partial charge in [0.25, 0.3) is 0 Å². The van der Waals surface area contributed by atoms with E-state index in [4.69, 9.17) is 9.84 Å². The van der Waals surface area contributed by atoms with Gasteiger partial charge in [-0.05, 0) is 12.3 Å². The van der Waals surface area contributed by atoms with E-state index in [1.165, 1.54) is 12.8 Å². The van der Waals surface area contributed by atoms with Crippen LogP contribution in [-0.2, 0) is 9.53 Å². The third kappa shape index (κ3) is 5.74. The van der Waals surface area contributed by atoms with Crippen molar-refractivity contribution >= 4 is 5.97 Å². The maximum absolute atomic E-state index is 10.8. The molecule has 0 heterocycles. The number of carboxylic acid groups (broad SMARTS) is 1. The van der Waals surface area contributed by atoms with Crippen LogP contribution in [0.15, 0.2) is 0 Å². The number of ether oxygens (including phenoxy) is 1. The molecule has 0 spiro atoms. The Hall–Kier alpha value is -0.610. The molecule has 1 atom stereocenters. The van der Waals surface area contributed by atoms with Crippen molar-refractivity contribution in [3.05, 3.63) is 0 Å². The molecule has 0 aromatic rings. The first-order valence-electron chi connectivity index (χ1n) is 5.66. The first-order valence-corrected chi connectivity index (χ1v) is 5.66. The molecule has 0 saturated heterocycles. The molecule has 1 fully saturated rings. The van der Waals surface area contributed by atoms with Crippen molar-refractivity contribution in [2.75, 3.05) is 13.2 Å². The Morgan fingerprint density at radius 2 is 2.20 bits per heavy atom. The van der Waals surface area contributed by atoms with Gasteiger partial charge in [0, 0.05) is 12.6 Å². The van der Waals surface area contributed by atoms with E-state index < -0.39 is 12.0 Å². The summed E-state index contributed by atoms with van der Waals surface area (Å²) in [6, 6.07) is -0.415. The maximum Gasteiger partial charge on any atom is 0.323 e. The van der Waals surface area contributed by atoms with Crippen molar-refractivity contribution < 1.29 is 14.6 Å². The molecule has 1 saturated carbocycles. The lowest BCUT2D eigenvalue weighted by atomic mass is 10.2. The minimum absolute atomic E-state index is 0.165. The zero-order chi connectivity index (χ0) is 11.3. The number of hydrogen-bond acceptors (Lipinski definition) is 3. The van der Waals surface area contributed by atoms with Crippen molar-refractivity contribution in [1.82, 2.24) is 5.32 Å². The Morgan fingerprint density at radius 3 is 2.67 bits per heavy atom. The molecule has 0 amide bonds. The van der Waals surface area contributed by atoms with Crippen molar-refractivity contribution in [2.45, 2.75) is 45.2 Å². The highest BCUT2D eigenvalue weighted by molar-refractivity contribution is 5.73. The van der Waals surface area contributed by atoms with Gasteiger partial charge in [0.15, 0.2) is 0 Å². The Morgan fingerprint density at radius 1 is 1.53 bits per heavy atom. The molecule has 0 aromatic heterocycles. The molecule has 1 aliphatic rings. The number of aliphatic carboxylic acids is 1. The van der Waals surface area contributed by atoms with Gasteiger partial charge >= 0.3 is 5.97 Å². The molecule has 4 heteroatoms. The van der Waals surface area contributed by atoms with E-state index in [9.17, 15) is 4.79 Å². The maximum atomic E-state index is 10.8. The lowest BCUT2D eigenvalue weighted by Gasteiger charge is -2.17. The van der Waals surface area contributed by atoms with E-state index in [0.717, 1.165) is 12.3 Å². The highest BCUT2D eigenvalue weighted by Crippen LogP contribution is 2.32. The number of rotatable bonds is 8. The van der Waals surface area contributed by atoms with Crippen LogP contribution in [0.2, 0.25) is 0 Å². The smallest absolute Gasteiger partial charge is 0.323 e. The fourth-order valence-electron chi connectivity index (χ4n) is 1.45. The number of hydrogen-bond donors (Lipinski definition) is 2. The predicted octanol–water partition coefficient (Wildman–Crippen LogP) is 1.25. The van der Waals surface area contributed by atoms with Gasteiger partial charge in [-0.2, -0.15) is 0 Å². The Bertz CT molecular complexity index is 202. The minimum atomic E-state index is -0.838. The normalized spacial score (nSPS) is 18.1. The molecule has 0 aromatic carbocycles. The second-order valence-electron chi connectivity index (χ2n) is 4.52. The Labute approximate surface area is 91.0 Å². The molecule has 1 aliphatic carbocycles. The largest absolute Gasteiger partial charge is 0.480 e. The fraction of sp³-hybridized carbons (Fsp3) is 0.909. The monoisotopic (exact) mass is 215 g/mol. The van der Waals surface area contributed by atoms with Crippen LogP contribution in [0.3, 0.4) is 0 Å². The van der Waals surface area contributed by atoms with E-state index in [1.54, 1.807) is 0 Å². The first kappa shape index (κ1) is 12.5. The summed E-state index contributed by atoms with van der Waals surface area (Å²) in [5.74, 6) is 0.00135. The highest BCUT2D eigenvalue weighted by Gasteiger charge is 2.22. The molecule has 15 heavy (non-hydrogen) atoms. The van der Waals surface area contributed by atoms with Crippen molar-refractivity contribution in [3.63, 3.8) is 0 Å². The van der Waals surface area contributed by atoms with E-state index in [1.807, 2.05) is 13.8 Å². The quantitative estimate of drug-likeness (QED) is 0.598. The molecule has 1 rings (SSSR count). The van der Waals surface area contributed by atoms with Gasteiger partial charge in [-0.15, -0.1) is 0 Å². The summed E-state index contributed by atoms with van der Waals surface area (Å²) in [6.07, 6.45) is 3.71. The van der Waals surface area contributed by atoms with Crippen LogP contribution in [-0.4, -0.2) is 36.4 Å². The van der Waals surface area contributed by atoms with Gasteiger partial charge < -0.3 is 15.2 Å². The van der Waals surface area contributed by atoms with Crippen LogP contribution in [0.4, 0.5) is 0 Å². The van der Waals surface area contributed by atoms with E-state index >= 15 is 0 Å². The van der Waals surface area contributed by atoms with Crippen LogP contribution in [0.5, 0.6) is 0 Å². The van der Waals surface area contributed by atoms with E-state index in [0.29, 0.717) is 6.61 Å². The first-order chi connectivity index (χ1) is 7.09. The van der Waals surface area contributed by atoms with Crippen molar-refractivity contribution in [1.29, 1.82) is 0 Å². The molecule has 4 nitrogen and oxygen atoms in total. The molecule has 0 aliphatic heterocycles. The van der Waals surface area contributed by atoms with Crippen LogP contribution >= 0.6 is 0 Å². The summed E-state index contributed by atoms with van der Waals surface area (Å²) >= 11 is 0. The summed E-state index contributed by atoms with van der Waals surface area (Å²) in [6.45, 7) is 4.81. The van der Waals surface area contributed by atoms with E-state index in [-0.39, 0.29) is 12.6 Å². The van der Waals surface area contributed by atoms with Gasteiger partial charge in [0.1, 0.15) is 6.04 Å². The van der Waals surface area contributed by atoms with Gasteiger partial charge in [-0.25, -0.2) is 0 Å². The highest BCUT2D eigenvalue weighted by atomic mass is 16.5. The van der Waals surface area contributed by atoms with Crippen molar-refractivity contribution in [2.24, 2.45) is 5.92 Å². The standard InChI is InChI=1S/C11H21NO3/c1-8(2)12-10(11(13)14)7-15-6-5-9-3-4-9/h8-10,12H,3-7H2,1-2H3,(H,13,14). The average molecular weight is 215 g/mol. The zero-order valence-corrected chi connectivity index (χ0v) is 9.53. The molecule has 0 radical (unpaired) electrons. The molecule has 1 unspecified atom stereocenters. The number of carboxylic acids is 1. The molecule has 2 N–H and O–H groups in total. The van der Waals surface area contributed by atoms with Crippen LogP contribution in [0.25, 0.3) is 0 Å². The number of carbonyl (C=O) groups is 1. The summed E-state index contributed by atoms with van der Waals surface area (Å²) in [4.78, 5) is 10.8. The van der Waals surface area contributed by atoms with Crippen LogP contribution < -0.4 is 5.32 Å². The molecule has 88 valence electrons. The second kappa shape index (κ2) is 6.08. The second-order valence-corrected chi connectivity index (χ2v) is 4.52. The summed E-state index contributed by atoms with van der Waals surface area (Å²) < 4.78 is 5.37. The van der Waals surface area contributed by atoms with Crippen molar-refractivity contribution in [3.8, 4) is 0 Å². The third-order valence-electron chi connectivity index (χ3n) is 2.48.